The summed E-state index contributed by atoms with van der Waals surface area (Å²) < 4.78 is 19.0. The Hall–Kier alpha value is -2.29. The second-order valence-corrected chi connectivity index (χ2v) is 9.02. The number of hydrogen-bond acceptors (Lipinski definition) is 6. The number of rotatable bonds is 9. The highest BCUT2D eigenvalue weighted by Crippen LogP contribution is 2.21. The van der Waals surface area contributed by atoms with Crippen molar-refractivity contribution in [3.8, 4) is 11.5 Å². The molecule has 1 aromatic heterocycles. The third-order valence-corrected chi connectivity index (χ3v) is 5.73. The van der Waals surface area contributed by atoms with Gasteiger partial charge in [-0.15, -0.1) is 0 Å². The van der Waals surface area contributed by atoms with Crippen molar-refractivity contribution in [1.82, 2.24) is 14.7 Å². The number of β-amino-alcohol motifs (C(OH)–C–C–N with tert-alkyl or cyclic N) is 1. The summed E-state index contributed by atoms with van der Waals surface area (Å²) in [6, 6.07) is 15.1. The van der Waals surface area contributed by atoms with Crippen LogP contribution in [-0.4, -0.2) is 64.9 Å². The van der Waals surface area contributed by atoms with Gasteiger partial charge in [-0.2, -0.15) is 5.10 Å². The molecule has 2 aromatic carbocycles. The van der Waals surface area contributed by atoms with Crippen molar-refractivity contribution in [1.29, 1.82) is 0 Å². The Morgan fingerprint density at radius 1 is 1.00 bits per heavy atom. The normalized spacial score (nSPS) is 19.2. The quantitative estimate of drug-likeness (QED) is 0.489. The summed E-state index contributed by atoms with van der Waals surface area (Å²) in [6.07, 6.45) is 3.37. The predicted molar refractivity (Wildman–Crippen MR) is 127 cm³/mol. The molecule has 0 radical (unpaired) electrons. The molecule has 0 aliphatic carbocycles. The monoisotopic (exact) mass is 491 g/mol. The number of halogens is 2. The van der Waals surface area contributed by atoms with E-state index in [2.05, 4.69) is 10.00 Å². The molecule has 0 bridgehead atoms. The van der Waals surface area contributed by atoms with Gasteiger partial charge in [0.2, 0.25) is 0 Å². The Labute approximate surface area is 203 Å². The maximum Gasteiger partial charge on any atom is 0.134 e. The SMILES string of the molecule is O[C@]1(COc2ccc(Cl)cc2)COCCN(Cc2ccc(OCCn3cc(Cl)cn3)cc2)C1. The molecule has 1 atom stereocenters. The first-order chi connectivity index (χ1) is 16.0. The van der Waals surface area contributed by atoms with E-state index in [0.29, 0.717) is 48.6 Å². The predicted octanol–water partition coefficient (Wildman–Crippen LogP) is 3.91. The zero-order chi connectivity index (χ0) is 23.1. The van der Waals surface area contributed by atoms with Crippen LogP contribution in [0.25, 0.3) is 0 Å². The van der Waals surface area contributed by atoms with Crippen molar-refractivity contribution < 1.29 is 19.3 Å². The van der Waals surface area contributed by atoms with E-state index < -0.39 is 5.60 Å². The van der Waals surface area contributed by atoms with Gasteiger partial charge in [0.1, 0.15) is 30.3 Å². The number of nitrogens with zero attached hydrogens (tertiary/aromatic N) is 3. The fourth-order valence-electron chi connectivity index (χ4n) is 3.63. The Bertz CT molecular complexity index is 1010. The van der Waals surface area contributed by atoms with Crippen LogP contribution < -0.4 is 9.47 Å². The maximum atomic E-state index is 11.1. The average molecular weight is 492 g/mol. The minimum absolute atomic E-state index is 0.138. The molecule has 4 rings (SSSR count). The second-order valence-electron chi connectivity index (χ2n) is 8.14. The van der Waals surface area contributed by atoms with Crippen LogP contribution in [0.3, 0.4) is 0 Å². The van der Waals surface area contributed by atoms with Crippen LogP contribution in [0.5, 0.6) is 11.5 Å². The number of hydrogen-bond donors (Lipinski definition) is 1. The molecule has 1 N–H and O–H groups in total. The lowest BCUT2D eigenvalue weighted by atomic mass is 10.1. The van der Waals surface area contributed by atoms with Gasteiger partial charge in [0.15, 0.2) is 0 Å². The molecule has 7 nitrogen and oxygen atoms in total. The van der Waals surface area contributed by atoms with Gasteiger partial charge in [0, 0.05) is 30.9 Å². The van der Waals surface area contributed by atoms with Gasteiger partial charge >= 0.3 is 0 Å². The summed E-state index contributed by atoms with van der Waals surface area (Å²) in [5, 5.41) is 16.5. The largest absolute Gasteiger partial charge is 0.492 e. The molecule has 0 unspecified atom stereocenters. The van der Waals surface area contributed by atoms with E-state index in [1.165, 1.54) is 0 Å². The summed E-state index contributed by atoms with van der Waals surface area (Å²) in [5.74, 6) is 1.46. The van der Waals surface area contributed by atoms with Crippen LogP contribution >= 0.6 is 23.2 Å². The molecule has 176 valence electrons. The van der Waals surface area contributed by atoms with Crippen LogP contribution in [0.1, 0.15) is 5.56 Å². The summed E-state index contributed by atoms with van der Waals surface area (Å²) in [4.78, 5) is 2.18. The highest BCUT2D eigenvalue weighted by molar-refractivity contribution is 6.30. The summed E-state index contributed by atoms with van der Waals surface area (Å²) in [7, 11) is 0. The van der Waals surface area contributed by atoms with Gasteiger partial charge in [0.25, 0.3) is 0 Å². The maximum absolute atomic E-state index is 11.1. The van der Waals surface area contributed by atoms with E-state index in [1.807, 2.05) is 24.3 Å². The van der Waals surface area contributed by atoms with Crippen molar-refractivity contribution in [3.63, 3.8) is 0 Å². The number of aromatic nitrogens is 2. The smallest absolute Gasteiger partial charge is 0.134 e. The molecular weight excluding hydrogens is 465 g/mol. The van der Waals surface area contributed by atoms with E-state index in [-0.39, 0.29) is 13.2 Å². The third-order valence-electron chi connectivity index (χ3n) is 5.28. The van der Waals surface area contributed by atoms with Crippen molar-refractivity contribution in [2.75, 3.05) is 39.5 Å². The number of benzene rings is 2. The molecule has 1 aliphatic heterocycles. The molecule has 1 fully saturated rings. The first-order valence-electron chi connectivity index (χ1n) is 10.8. The van der Waals surface area contributed by atoms with E-state index in [9.17, 15) is 5.11 Å². The van der Waals surface area contributed by atoms with Crippen molar-refractivity contribution in [3.05, 3.63) is 76.5 Å². The molecule has 2 heterocycles. The van der Waals surface area contributed by atoms with E-state index in [1.54, 1.807) is 41.3 Å². The van der Waals surface area contributed by atoms with Crippen molar-refractivity contribution in [2.24, 2.45) is 0 Å². The highest BCUT2D eigenvalue weighted by atomic mass is 35.5. The lowest BCUT2D eigenvalue weighted by Gasteiger charge is -2.30. The summed E-state index contributed by atoms with van der Waals surface area (Å²) in [6.45, 7) is 3.92. The first kappa shape index (κ1) is 23.9. The van der Waals surface area contributed by atoms with Crippen molar-refractivity contribution >= 4 is 23.2 Å². The number of aliphatic hydroxyl groups is 1. The van der Waals surface area contributed by atoms with Gasteiger partial charge in [-0.3, -0.25) is 9.58 Å². The molecule has 0 saturated carbocycles. The van der Waals surface area contributed by atoms with Gasteiger partial charge in [-0.05, 0) is 42.0 Å². The lowest BCUT2D eigenvalue weighted by molar-refractivity contribution is -0.0646. The van der Waals surface area contributed by atoms with E-state index in [4.69, 9.17) is 37.4 Å². The minimum atomic E-state index is -1.10. The van der Waals surface area contributed by atoms with E-state index >= 15 is 0 Å². The Morgan fingerprint density at radius 3 is 2.45 bits per heavy atom. The molecule has 1 aliphatic rings. The number of ether oxygens (including phenoxy) is 3. The molecule has 0 spiro atoms. The molecule has 9 heteroatoms. The molecule has 1 saturated heterocycles. The van der Waals surface area contributed by atoms with Crippen molar-refractivity contribution in [2.45, 2.75) is 18.7 Å². The summed E-state index contributed by atoms with van der Waals surface area (Å²) in [5.41, 5.74) is 0.0262. The molecule has 3 aromatic rings. The van der Waals surface area contributed by atoms with Crippen LogP contribution in [0.4, 0.5) is 0 Å². The lowest BCUT2D eigenvalue weighted by Crippen LogP contribution is -2.48. The van der Waals surface area contributed by atoms with Crippen LogP contribution in [0.2, 0.25) is 10.0 Å². The first-order valence-corrected chi connectivity index (χ1v) is 11.5. The molecule has 33 heavy (non-hydrogen) atoms. The van der Waals surface area contributed by atoms with Gasteiger partial charge in [0.05, 0.1) is 31.0 Å². The van der Waals surface area contributed by atoms with Gasteiger partial charge < -0.3 is 19.3 Å². The molecular formula is C24H27Cl2N3O4. The van der Waals surface area contributed by atoms with E-state index in [0.717, 1.165) is 17.9 Å². The highest BCUT2D eigenvalue weighted by Gasteiger charge is 2.33. The Kier molecular flexibility index (Phi) is 8.11. The second kappa shape index (κ2) is 11.2. The third kappa shape index (κ3) is 7.35. The fraction of sp³-hybridized carbons (Fsp3) is 0.375. The Morgan fingerprint density at radius 2 is 1.73 bits per heavy atom. The summed E-state index contributed by atoms with van der Waals surface area (Å²) >= 11 is 11.8. The zero-order valence-electron chi connectivity index (χ0n) is 18.2. The van der Waals surface area contributed by atoms with Crippen LogP contribution in [-0.2, 0) is 17.8 Å². The zero-order valence-corrected chi connectivity index (χ0v) is 19.7. The van der Waals surface area contributed by atoms with Crippen LogP contribution in [0, 0.1) is 0 Å². The minimum Gasteiger partial charge on any atom is -0.492 e. The van der Waals surface area contributed by atoms with Gasteiger partial charge in [-0.25, -0.2) is 0 Å². The van der Waals surface area contributed by atoms with Crippen LogP contribution in [0.15, 0.2) is 60.9 Å². The van der Waals surface area contributed by atoms with Gasteiger partial charge in [-0.1, -0.05) is 35.3 Å². The standard InChI is InChI=1S/C24H27Cl2N3O4/c25-20-3-7-23(8-4-20)33-18-24(30)16-28(9-11-31-17-24)14-19-1-5-22(6-2-19)32-12-10-29-15-21(26)13-27-29/h1-8,13,15,30H,9-12,14,16-18H2/t24-/m0/s1. The topological polar surface area (TPSA) is 69.0 Å². The average Bonchev–Trinajstić information content (AvgIpc) is 3.13. The molecule has 0 amide bonds. The fourth-order valence-corrected chi connectivity index (χ4v) is 3.92. The Balaban J connectivity index is 1.27.